The number of sulfone groups is 1. The normalized spacial score (nSPS) is 20.7. The summed E-state index contributed by atoms with van der Waals surface area (Å²) in [6, 6.07) is 0. The highest BCUT2D eigenvalue weighted by molar-refractivity contribution is 7.93. The molecule has 0 bridgehead atoms. The van der Waals surface area contributed by atoms with Gasteiger partial charge in [0, 0.05) is 7.05 Å². The zero-order valence-corrected chi connectivity index (χ0v) is 11.7. The van der Waals surface area contributed by atoms with Gasteiger partial charge >= 0.3 is 6.09 Å². The van der Waals surface area contributed by atoms with Crippen molar-refractivity contribution in [2.45, 2.75) is 31.9 Å². The molecule has 0 saturated carbocycles. The fourth-order valence-corrected chi connectivity index (χ4v) is 3.73. The van der Waals surface area contributed by atoms with Crippen LogP contribution in [0.2, 0.25) is 0 Å². The van der Waals surface area contributed by atoms with Crippen LogP contribution in [-0.2, 0) is 19.4 Å². The van der Waals surface area contributed by atoms with E-state index in [2.05, 4.69) is 0 Å². The van der Waals surface area contributed by atoms with E-state index < -0.39 is 44.5 Å². The summed E-state index contributed by atoms with van der Waals surface area (Å²) in [5, 5.41) is 0. The van der Waals surface area contributed by atoms with Gasteiger partial charge in [-0.2, -0.15) is 0 Å². The van der Waals surface area contributed by atoms with Gasteiger partial charge in [-0.3, -0.25) is 9.69 Å². The fourth-order valence-electron chi connectivity index (χ4n) is 1.69. The summed E-state index contributed by atoms with van der Waals surface area (Å²) in [4.78, 5) is 24.2. The Bertz CT molecular complexity index is 465. The lowest BCUT2D eigenvalue weighted by molar-refractivity contribution is -0.127. The Morgan fingerprint density at radius 1 is 1.28 bits per heavy atom. The Morgan fingerprint density at radius 3 is 2.00 bits per heavy atom. The van der Waals surface area contributed by atoms with Crippen molar-refractivity contribution in [3.05, 3.63) is 0 Å². The van der Waals surface area contributed by atoms with Gasteiger partial charge in [0.2, 0.25) is 5.91 Å². The number of primary amides is 1. The topological polar surface area (TPSA) is 107 Å². The van der Waals surface area contributed by atoms with E-state index in [0.29, 0.717) is 0 Å². The number of carbonyl (C=O) groups excluding carboxylic acids is 2. The van der Waals surface area contributed by atoms with E-state index in [1.807, 2.05) is 0 Å². The summed E-state index contributed by atoms with van der Waals surface area (Å²) in [7, 11) is -1.99. The van der Waals surface area contributed by atoms with Crippen molar-refractivity contribution in [2.75, 3.05) is 18.6 Å². The van der Waals surface area contributed by atoms with Crippen LogP contribution < -0.4 is 5.73 Å². The van der Waals surface area contributed by atoms with Crippen LogP contribution in [0.15, 0.2) is 0 Å². The lowest BCUT2D eigenvalue weighted by Crippen LogP contribution is -2.72. The second-order valence-electron chi connectivity index (χ2n) is 5.47. The number of hydrogen-bond acceptors (Lipinski definition) is 5. The van der Waals surface area contributed by atoms with Crippen LogP contribution in [0.4, 0.5) is 4.79 Å². The summed E-state index contributed by atoms with van der Waals surface area (Å²) in [6.07, 6.45) is -0.767. The van der Waals surface area contributed by atoms with Crippen LogP contribution >= 0.6 is 0 Å². The molecule has 18 heavy (non-hydrogen) atoms. The minimum Gasteiger partial charge on any atom is -0.444 e. The third-order valence-corrected chi connectivity index (χ3v) is 4.52. The van der Waals surface area contributed by atoms with Crippen molar-refractivity contribution >= 4 is 21.8 Å². The number of hydrogen-bond donors (Lipinski definition) is 1. The van der Waals surface area contributed by atoms with Crippen molar-refractivity contribution in [1.29, 1.82) is 0 Å². The number of nitrogens with zero attached hydrogens (tertiary/aromatic N) is 1. The SMILES string of the molecule is CN(C(=O)OC(C)(C)C)C1(C(N)=O)CS(=O)(=O)C1. The average molecular weight is 278 g/mol. The van der Waals surface area contributed by atoms with E-state index in [4.69, 9.17) is 10.5 Å². The molecule has 2 amide bonds. The standard InChI is InChI=1S/C10H18N2O5S/c1-9(2,3)17-8(14)12(4)10(7(11)13)5-18(15,16)6-10/h5-6H2,1-4H3,(H2,11,13). The number of rotatable bonds is 2. The van der Waals surface area contributed by atoms with Crippen LogP contribution in [0.3, 0.4) is 0 Å². The molecule has 104 valence electrons. The molecule has 0 radical (unpaired) electrons. The summed E-state index contributed by atoms with van der Waals surface area (Å²) in [5.41, 5.74) is 2.99. The van der Waals surface area contributed by atoms with E-state index in [9.17, 15) is 18.0 Å². The van der Waals surface area contributed by atoms with E-state index in [0.717, 1.165) is 4.90 Å². The lowest BCUT2D eigenvalue weighted by Gasteiger charge is -2.44. The zero-order valence-electron chi connectivity index (χ0n) is 10.9. The quantitative estimate of drug-likeness (QED) is 0.733. The first-order chi connectivity index (χ1) is 7.90. The monoisotopic (exact) mass is 278 g/mol. The highest BCUT2D eigenvalue weighted by Crippen LogP contribution is 2.30. The zero-order chi connectivity index (χ0) is 14.4. The smallest absolute Gasteiger partial charge is 0.410 e. The van der Waals surface area contributed by atoms with Gasteiger partial charge in [0.05, 0.1) is 11.5 Å². The molecule has 1 fully saturated rings. The number of amides is 2. The number of carbonyl (C=O) groups is 2. The van der Waals surface area contributed by atoms with E-state index in [1.54, 1.807) is 20.8 Å². The average Bonchev–Trinajstić information content (AvgIpc) is 2.08. The first-order valence-corrected chi connectivity index (χ1v) is 7.19. The van der Waals surface area contributed by atoms with Crippen molar-refractivity contribution in [2.24, 2.45) is 5.73 Å². The van der Waals surface area contributed by atoms with E-state index in [-0.39, 0.29) is 0 Å². The van der Waals surface area contributed by atoms with E-state index >= 15 is 0 Å². The summed E-state index contributed by atoms with van der Waals surface area (Å²) < 4.78 is 27.5. The van der Waals surface area contributed by atoms with Gasteiger partial charge in [-0.05, 0) is 20.8 Å². The van der Waals surface area contributed by atoms with Crippen molar-refractivity contribution in [3.8, 4) is 0 Å². The molecular formula is C10H18N2O5S. The molecule has 0 aliphatic carbocycles. The maximum Gasteiger partial charge on any atom is 0.410 e. The van der Waals surface area contributed by atoms with Crippen LogP contribution in [-0.4, -0.2) is 55.0 Å². The molecule has 0 atom stereocenters. The molecule has 0 aromatic carbocycles. The summed E-state index contributed by atoms with van der Waals surface area (Å²) in [5.74, 6) is -1.75. The van der Waals surface area contributed by atoms with Gasteiger partial charge in [0.25, 0.3) is 0 Å². The number of likely N-dealkylation sites (N-methyl/N-ethyl adjacent to an activating group) is 1. The fraction of sp³-hybridized carbons (Fsp3) is 0.800. The van der Waals surface area contributed by atoms with Crippen molar-refractivity contribution in [3.63, 3.8) is 0 Å². The van der Waals surface area contributed by atoms with Gasteiger partial charge < -0.3 is 10.5 Å². The predicted molar refractivity (Wildman–Crippen MR) is 64.6 cm³/mol. The second kappa shape index (κ2) is 4.11. The maximum atomic E-state index is 11.8. The second-order valence-corrected chi connectivity index (χ2v) is 7.53. The number of ether oxygens (including phenoxy) is 1. The van der Waals surface area contributed by atoms with Gasteiger partial charge in [-0.25, -0.2) is 13.2 Å². The molecule has 2 N–H and O–H groups in total. The molecule has 1 saturated heterocycles. The molecule has 0 aromatic heterocycles. The van der Waals surface area contributed by atoms with Gasteiger partial charge in [0.1, 0.15) is 5.60 Å². The molecule has 7 nitrogen and oxygen atoms in total. The first kappa shape index (κ1) is 14.7. The van der Waals surface area contributed by atoms with Gasteiger partial charge in [0.15, 0.2) is 15.4 Å². The molecule has 1 aliphatic heterocycles. The Hall–Kier alpha value is -1.31. The summed E-state index contributed by atoms with van der Waals surface area (Å²) in [6.45, 7) is 5.02. The van der Waals surface area contributed by atoms with Gasteiger partial charge in [-0.1, -0.05) is 0 Å². The largest absolute Gasteiger partial charge is 0.444 e. The molecule has 1 aliphatic rings. The highest BCUT2D eigenvalue weighted by Gasteiger charge is 2.58. The third kappa shape index (κ3) is 2.74. The number of nitrogens with two attached hydrogens (primary N) is 1. The first-order valence-electron chi connectivity index (χ1n) is 5.37. The molecular weight excluding hydrogens is 260 g/mol. The molecule has 1 rings (SSSR count). The van der Waals surface area contributed by atoms with Crippen LogP contribution in [0, 0.1) is 0 Å². The summed E-state index contributed by atoms with van der Waals surface area (Å²) >= 11 is 0. The molecule has 0 unspecified atom stereocenters. The van der Waals surface area contributed by atoms with Crippen molar-refractivity contribution in [1.82, 2.24) is 4.90 Å². The minimum absolute atomic E-state index is 0.453. The Balaban J connectivity index is 2.90. The maximum absolute atomic E-state index is 11.8. The van der Waals surface area contributed by atoms with E-state index in [1.165, 1.54) is 7.05 Å². The molecule has 0 spiro atoms. The molecule has 1 heterocycles. The third-order valence-electron chi connectivity index (χ3n) is 2.69. The molecule has 8 heteroatoms. The minimum atomic E-state index is -3.31. The van der Waals surface area contributed by atoms with Crippen LogP contribution in [0.25, 0.3) is 0 Å². The predicted octanol–water partition coefficient (Wildman–Crippen LogP) is -0.494. The van der Waals surface area contributed by atoms with Crippen LogP contribution in [0.5, 0.6) is 0 Å². The molecule has 0 aromatic rings. The Morgan fingerprint density at radius 2 is 1.72 bits per heavy atom. The van der Waals surface area contributed by atoms with Crippen molar-refractivity contribution < 1.29 is 22.7 Å². The Labute approximate surface area is 106 Å². The Kier molecular flexibility index (Phi) is 3.37. The van der Waals surface area contributed by atoms with Gasteiger partial charge in [-0.15, -0.1) is 0 Å². The lowest BCUT2D eigenvalue weighted by atomic mass is 10.0. The van der Waals surface area contributed by atoms with Crippen LogP contribution in [0.1, 0.15) is 20.8 Å². The highest BCUT2D eigenvalue weighted by atomic mass is 32.2.